The fourth-order valence-corrected chi connectivity index (χ4v) is 6.68. The molecule has 47 heavy (non-hydrogen) atoms. The third kappa shape index (κ3) is 6.95. The van der Waals surface area contributed by atoms with Crippen LogP contribution in [0.25, 0.3) is 22.2 Å². The largest absolute Gasteiger partial charge is 0.462 e. The second kappa shape index (κ2) is 13.7. The minimum atomic E-state index is -0.535. The molecule has 0 bridgehead atoms. The molecule has 0 aliphatic carbocycles. The Morgan fingerprint density at radius 2 is 1.83 bits per heavy atom. The van der Waals surface area contributed by atoms with Crippen molar-refractivity contribution in [1.29, 1.82) is 0 Å². The highest BCUT2D eigenvalue weighted by Gasteiger charge is 2.32. The van der Waals surface area contributed by atoms with Gasteiger partial charge in [0.25, 0.3) is 5.91 Å². The molecular weight excluding hydrogens is 603 g/mol. The quantitative estimate of drug-likeness (QED) is 0.358. The van der Waals surface area contributed by atoms with Crippen molar-refractivity contribution in [1.82, 2.24) is 29.7 Å². The number of anilines is 2. The average Bonchev–Trinajstić information content (AvgIpc) is 3.74. The predicted octanol–water partition coefficient (Wildman–Crippen LogP) is 4.02. The number of likely N-dealkylation sites (N-methyl/N-ethyl adjacent to an activating group) is 1. The van der Waals surface area contributed by atoms with Crippen molar-refractivity contribution < 1.29 is 23.5 Å². The van der Waals surface area contributed by atoms with Gasteiger partial charge >= 0.3 is 12.1 Å². The predicted molar refractivity (Wildman–Crippen MR) is 178 cm³/mol. The van der Waals surface area contributed by atoms with E-state index in [-0.39, 0.29) is 47.3 Å². The first kappa shape index (κ1) is 32.4. The van der Waals surface area contributed by atoms with Crippen LogP contribution in [0.1, 0.15) is 38.2 Å². The average molecular weight is 647 g/mol. The second-order valence-corrected chi connectivity index (χ2v) is 12.8. The number of fused-ring (bicyclic) bond motifs is 1. The lowest BCUT2D eigenvalue weighted by atomic mass is 10.0. The summed E-state index contributed by atoms with van der Waals surface area (Å²) in [5.41, 5.74) is 7.91. The molecule has 2 atom stereocenters. The van der Waals surface area contributed by atoms with Crippen LogP contribution in [0.2, 0.25) is 0 Å². The number of carbonyl (C=O) groups is 2. The summed E-state index contributed by atoms with van der Waals surface area (Å²) < 4.78 is 27.9. The molecule has 6 rings (SSSR count). The lowest BCUT2D eigenvalue weighted by Crippen LogP contribution is -2.54. The number of benzene rings is 1. The minimum Gasteiger partial charge on any atom is -0.462 e. The number of rotatable bonds is 8. The topological polar surface area (TPSA) is 130 Å². The van der Waals surface area contributed by atoms with E-state index in [0.29, 0.717) is 62.0 Å². The first-order chi connectivity index (χ1) is 22.6. The Bertz CT molecular complexity index is 1660. The summed E-state index contributed by atoms with van der Waals surface area (Å²) in [6, 6.07) is 7.15. The maximum Gasteiger partial charge on any atom is 0.410 e. The number of pyridine rings is 1. The fraction of sp³-hybridized carbons (Fsp3) is 0.500. The number of nitrogen functional groups attached to an aromatic ring is 1. The van der Waals surface area contributed by atoms with E-state index in [1.165, 1.54) is 0 Å². The molecule has 1 unspecified atom stereocenters. The number of halogens is 1. The van der Waals surface area contributed by atoms with E-state index in [1.54, 1.807) is 34.1 Å². The van der Waals surface area contributed by atoms with Gasteiger partial charge in [0, 0.05) is 61.3 Å². The molecule has 2 amide bonds. The third-order valence-electron chi connectivity index (χ3n) is 9.33. The number of aryl methyl sites for hydroxylation is 1. The summed E-state index contributed by atoms with van der Waals surface area (Å²) in [6.45, 7) is 11.5. The van der Waals surface area contributed by atoms with Crippen molar-refractivity contribution in [3.63, 3.8) is 0 Å². The van der Waals surface area contributed by atoms with Crippen LogP contribution in [0.4, 0.5) is 20.8 Å². The van der Waals surface area contributed by atoms with E-state index >= 15 is 4.39 Å². The van der Waals surface area contributed by atoms with Crippen LogP contribution in [-0.4, -0.2) is 113 Å². The standard InChI is InChI=1S/C34H43FN8O4/c1-21-16-27(37-28(36)17-21)25-9-10-26-30(29(25)35)38-33(46-20-24-8-7-11-40(24)4)39-31(26)43-15-14-42(18-23(43)3)32(44)22(2)19-47-34(45)41-12-5-6-13-41/h9-10,16-17,23-24H,2,5-8,11-15,18-20H2,1,3-4H3,(H2,36,37)/t23-,24?/m0/s1. The molecule has 12 nitrogen and oxygen atoms in total. The third-order valence-corrected chi connectivity index (χ3v) is 9.33. The van der Waals surface area contributed by atoms with E-state index in [0.717, 1.165) is 37.8 Å². The van der Waals surface area contributed by atoms with Crippen LogP contribution in [0, 0.1) is 12.7 Å². The molecule has 0 spiro atoms. The van der Waals surface area contributed by atoms with Gasteiger partial charge in [0.2, 0.25) is 0 Å². The summed E-state index contributed by atoms with van der Waals surface area (Å²) >= 11 is 0. The SMILES string of the molecule is C=C(COC(=O)N1CCCC1)C(=O)N1CCN(c2nc(OCC3CCCN3C)nc3c(F)c(-c4cc(C)cc(N)n4)ccc23)[C@@H](C)C1. The molecule has 3 aliphatic heterocycles. The zero-order valence-electron chi connectivity index (χ0n) is 27.4. The summed E-state index contributed by atoms with van der Waals surface area (Å²) in [5.74, 6) is 0.0440. The number of aromatic nitrogens is 3. The zero-order chi connectivity index (χ0) is 33.2. The molecule has 250 valence electrons. The minimum absolute atomic E-state index is 0.0967. The van der Waals surface area contributed by atoms with Crippen molar-refractivity contribution in [2.75, 3.05) is 70.2 Å². The van der Waals surface area contributed by atoms with Gasteiger partial charge in [-0.25, -0.2) is 14.2 Å². The van der Waals surface area contributed by atoms with Crippen molar-refractivity contribution in [2.45, 2.75) is 51.6 Å². The van der Waals surface area contributed by atoms with Gasteiger partial charge in [-0.1, -0.05) is 6.58 Å². The molecule has 2 aromatic heterocycles. The van der Waals surface area contributed by atoms with Gasteiger partial charge in [-0.15, -0.1) is 0 Å². The zero-order valence-corrected chi connectivity index (χ0v) is 27.4. The lowest BCUT2D eigenvalue weighted by Gasteiger charge is -2.41. The first-order valence-electron chi connectivity index (χ1n) is 16.3. The van der Waals surface area contributed by atoms with Crippen molar-refractivity contribution in [2.24, 2.45) is 0 Å². The Balaban J connectivity index is 1.24. The van der Waals surface area contributed by atoms with Crippen LogP contribution in [0.5, 0.6) is 6.01 Å². The summed E-state index contributed by atoms with van der Waals surface area (Å²) in [6.07, 6.45) is 3.59. The Morgan fingerprint density at radius 1 is 1.04 bits per heavy atom. The number of likely N-dealkylation sites (tertiary alicyclic amines) is 2. The summed E-state index contributed by atoms with van der Waals surface area (Å²) in [7, 11) is 2.06. The molecule has 13 heteroatoms. The highest BCUT2D eigenvalue weighted by molar-refractivity contribution is 5.95. The highest BCUT2D eigenvalue weighted by Crippen LogP contribution is 2.35. The van der Waals surface area contributed by atoms with Crippen LogP contribution in [0.3, 0.4) is 0 Å². The Morgan fingerprint density at radius 3 is 2.53 bits per heavy atom. The molecule has 2 N–H and O–H groups in total. The Labute approximate surface area is 274 Å². The molecule has 3 aromatic rings. The van der Waals surface area contributed by atoms with Gasteiger partial charge in [0.15, 0.2) is 5.82 Å². The summed E-state index contributed by atoms with van der Waals surface area (Å²) in [4.78, 5) is 47.0. The molecule has 1 aromatic carbocycles. The maximum atomic E-state index is 16.4. The van der Waals surface area contributed by atoms with Crippen molar-refractivity contribution in [3.8, 4) is 17.3 Å². The van der Waals surface area contributed by atoms with Gasteiger partial charge in [-0.3, -0.25) is 4.79 Å². The van der Waals surface area contributed by atoms with E-state index in [1.807, 2.05) is 13.8 Å². The molecule has 3 fully saturated rings. The molecule has 3 aliphatic rings. The summed E-state index contributed by atoms with van der Waals surface area (Å²) in [5, 5.41) is 0.530. The van der Waals surface area contributed by atoms with Gasteiger partial charge in [-0.2, -0.15) is 9.97 Å². The number of nitrogens with zero attached hydrogens (tertiary/aromatic N) is 7. The number of amides is 2. The van der Waals surface area contributed by atoms with Crippen molar-refractivity contribution in [3.05, 3.63) is 47.8 Å². The molecule has 0 radical (unpaired) electrons. The van der Waals surface area contributed by atoms with Crippen LogP contribution in [-0.2, 0) is 9.53 Å². The number of nitrogens with two attached hydrogens (primary N) is 1. The van der Waals surface area contributed by atoms with Crippen LogP contribution >= 0.6 is 0 Å². The maximum absolute atomic E-state index is 16.4. The number of hydrogen-bond donors (Lipinski definition) is 1. The van der Waals surface area contributed by atoms with E-state index in [9.17, 15) is 9.59 Å². The lowest BCUT2D eigenvalue weighted by molar-refractivity contribution is -0.128. The van der Waals surface area contributed by atoms with Gasteiger partial charge in [0.05, 0.1) is 5.69 Å². The van der Waals surface area contributed by atoms with Gasteiger partial charge in [0.1, 0.15) is 30.4 Å². The number of piperazine rings is 1. The molecular formula is C34H43FN8O4. The van der Waals surface area contributed by atoms with Crippen molar-refractivity contribution >= 4 is 34.5 Å². The van der Waals surface area contributed by atoms with Crippen LogP contribution in [0.15, 0.2) is 36.4 Å². The van der Waals surface area contributed by atoms with Gasteiger partial charge in [-0.05, 0) is 83.0 Å². The van der Waals surface area contributed by atoms with Gasteiger partial charge < -0.3 is 34.8 Å². The highest BCUT2D eigenvalue weighted by atomic mass is 19.1. The smallest absolute Gasteiger partial charge is 0.410 e. The normalized spacial score (nSPS) is 20.2. The molecule has 0 saturated carbocycles. The number of carbonyl (C=O) groups excluding carboxylic acids is 2. The molecule has 3 saturated heterocycles. The van der Waals surface area contributed by atoms with Crippen LogP contribution < -0.4 is 15.4 Å². The monoisotopic (exact) mass is 646 g/mol. The second-order valence-electron chi connectivity index (χ2n) is 12.8. The van der Waals surface area contributed by atoms with E-state index in [2.05, 4.69) is 33.4 Å². The number of hydrogen-bond acceptors (Lipinski definition) is 10. The molecule has 5 heterocycles. The Hall–Kier alpha value is -4.52. The first-order valence-corrected chi connectivity index (χ1v) is 16.3. The Kier molecular flexibility index (Phi) is 9.44. The number of ether oxygens (including phenoxy) is 2. The van der Waals surface area contributed by atoms with E-state index < -0.39 is 11.9 Å². The fourth-order valence-electron chi connectivity index (χ4n) is 6.68. The van der Waals surface area contributed by atoms with E-state index in [4.69, 9.17) is 20.2 Å².